The molecule has 1 aliphatic heterocycles. The number of fused-ring (bicyclic) bond motifs is 1. The molecule has 8 heteroatoms. The molecule has 1 unspecified atom stereocenters. The Labute approximate surface area is 160 Å². The first-order chi connectivity index (χ1) is 12.5. The summed E-state index contributed by atoms with van der Waals surface area (Å²) in [6, 6.07) is 4.01. The van der Waals surface area contributed by atoms with Crippen molar-refractivity contribution in [3.05, 3.63) is 40.0 Å². The van der Waals surface area contributed by atoms with Gasteiger partial charge in [0.05, 0.1) is 17.1 Å². The number of aromatic nitrogens is 3. The number of carbonyl (C=O) groups is 1. The smallest absolute Gasteiger partial charge is 0.236 e. The van der Waals surface area contributed by atoms with E-state index in [1.807, 2.05) is 36.4 Å². The van der Waals surface area contributed by atoms with Crippen LogP contribution in [0.25, 0.3) is 11.4 Å². The molecule has 0 fully saturated rings. The minimum absolute atomic E-state index is 0.149. The fourth-order valence-corrected chi connectivity index (χ4v) is 4.96. The highest BCUT2D eigenvalue weighted by atomic mass is 32.2. The minimum Gasteiger partial charge on any atom is -0.469 e. The molecule has 0 bridgehead atoms. The van der Waals surface area contributed by atoms with Crippen LogP contribution in [0.5, 0.6) is 0 Å². The Kier molecular flexibility index (Phi) is 4.62. The van der Waals surface area contributed by atoms with Crippen molar-refractivity contribution in [3.63, 3.8) is 0 Å². The Hall–Kier alpha value is -2.06. The molecule has 0 aromatic carbocycles. The van der Waals surface area contributed by atoms with Gasteiger partial charge in [0, 0.05) is 25.0 Å². The van der Waals surface area contributed by atoms with Crippen LogP contribution in [0.1, 0.15) is 23.1 Å². The molecular formula is C18H20N4O2S2. The topological polar surface area (TPSA) is 64.2 Å². The first kappa shape index (κ1) is 17.4. The molecule has 1 atom stereocenters. The van der Waals surface area contributed by atoms with E-state index in [4.69, 9.17) is 4.42 Å². The molecule has 1 aliphatic rings. The Morgan fingerprint density at radius 2 is 2.23 bits per heavy atom. The van der Waals surface area contributed by atoms with Crippen LogP contribution in [0.4, 0.5) is 0 Å². The quantitative estimate of drug-likeness (QED) is 0.640. The maximum atomic E-state index is 12.9. The first-order valence-corrected chi connectivity index (χ1v) is 10.2. The zero-order valence-corrected chi connectivity index (χ0v) is 16.6. The van der Waals surface area contributed by atoms with E-state index in [1.165, 1.54) is 22.2 Å². The lowest BCUT2D eigenvalue weighted by atomic mass is 10.1. The monoisotopic (exact) mass is 388 g/mol. The van der Waals surface area contributed by atoms with E-state index in [9.17, 15) is 4.79 Å². The maximum absolute atomic E-state index is 12.9. The van der Waals surface area contributed by atoms with Crippen molar-refractivity contribution >= 4 is 29.0 Å². The summed E-state index contributed by atoms with van der Waals surface area (Å²) < 4.78 is 7.27. The van der Waals surface area contributed by atoms with Crippen molar-refractivity contribution in [2.75, 3.05) is 6.54 Å². The maximum Gasteiger partial charge on any atom is 0.236 e. The van der Waals surface area contributed by atoms with Crippen molar-refractivity contribution in [1.82, 2.24) is 19.7 Å². The Bertz CT molecular complexity index is 943. The highest BCUT2D eigenvalue weighted by Crippen LogP contribution is 2.30. The minimum atomic E-state index is -0.212. The third-order valence-electron chi connectivity index (χ3n) is 4.68. The average molecular weight is 389 g/mol. The summed E-state index contributed by atoms with van der Waals surface area (Å²) in [7, 11) is 1.92. The van der Waals surface area contributed by atoms with E-state index >= 15 is 0 Å². The summed E-state index contributed by atoms with van der Waals surface area (Å²) >= 11 is 3.23. The number of carbonyl (C=O) groups excluding carboxylic acids is 1. The zero-order chi connectivity index (χ0) is 18.3. The highest BCUT2D eigenvalue weighted by molar-refractivity contribution is 8.00. The standard InChI is InChI=1S/C18H20N4O2S2/c1-11-14(5-8-24-11)16-19-20-18(21(16)3)26-12(2)17(23)22-7-4-15-13(10-22)6-9-25-15/h5-6,8-9,12H,4,7,10H2,1-3H3. The fourth-order valence-electron chi connectivity index (χ4n) is 3.17. The predicted octanol–water partition coefficient (Wildman–Crippen LogP) is 3.51. The summed E-state index contributed by atoms with van der Waals surface area (Å²) in [5.41, 5.74) is 2.20. The van der Waals surface area contributed by atoms with E-state index in [2.05, 4.69) is 21.6 Å². The molecule has 26 heavy (non-hydrogen) atoms. The molecule has 4 heterocycles. The molecule has 0 spiro atoms. The Morgan fingerprint density at radius 1 is 1.38 bits per heavy atom. The second kappa shape index (κ2) is 6.92. The number of hydrogen-bond acceptors (Lipinski definition) is 6. The second-order valence-electron chi connectivity index (χ2n) is 6.39. The highest BCUT2D eigenvalue weighted by Gasteiger charge is 2.27. The van der Waals surface area contributed by atoms with Gasteiger partial charge in [-0.25, -0.2) is 0 Å². The van der Waals surface area contributed by atoms with Gasteiger partial charge in [0.25, 0.3) is 0 Å². The number of aryl methyl sites for hydroxylation is 1. The third-order valence-corrected chi connectivity index (χ3v) is 6.83. The molecule has 0 saturated heterocycles. The van der Waals surface area contributed by atoms with E-state index in [0.29, 0.717) is 6.54 Å². The molecule has 6 nitrogen and oxygen atoms in total. The Morgan fingerprint density at radius 3 is 3.00 bits per heavy atom. The van der Waals surface area contributed by atoms with Crippen molar-refractivity contribution in [2.45, 2.75) is 37.2 Å². The van der Waals surface area contributed by atoms with Crippen LogP contribution in [0, 0.1) is 6.92 Å². The van der Waals surface area contributed by atoms with Gasteiger partial charge in [0.15, 0.2) is 11.0 Å². The van der Waals surface area contributed by atoms with Crippen LogP contribution in [0.2, 0.25) is 0 Å². The first-order valence-electron chi connectivity index (χ1n) is 8.49. The molecule has 0 saturated carbocycles. The van der Waals surface area contributed by atoms with Crippen LogP contribution in [-0.2, 0) is 24.8 Å². The molecule has 4 rings (SSSR count). The normalized spacial score (nSPS) is 15.1. The molecule has 1 amide bonds. The SMILES string of the molecule is Cc1occc1-c1nnc(SC(C)C(=O)N2CCc3sccc3C2)n1C. The van der Waals surface area contributed by atoms with Crippen LogP contribution in [-0.4, -0.2) is 37.4 Å². The van der Waals surface area contributed by atoms with Crippen molar-refractivity contribution < 1.29 is 9.21 Å². The van der Waals surface area contributed by atoms with Crippen molar-refractivity contribution in [3.8, 4) is 11.4 Å². The summed E-state index contributed by atoms with van der Waals surface area (Å²) in [6.45, 7) is 5.34. The van der Waals surface area contributed by atoms with Crippen LogP contribution in [0.3, 0.4) is 0 Å². The fraction of sp³-hybridized carbons (Fsp3) is 0.389. The van der Waals surface area contributed by atoms with Crippen LogP contribution >= 0.6 is 23.1 Å². The summed E-state index contributed by atoms with van der Waals surface area (Å²) in [6.07, 6.45) is 2.59. The number of nitrogens with zero attached hydrogens (tertiary/aromatic N) is 4. The van der Waals surface area contributed by atoms with Crippen molar-refractivity contribution in [1.29, 1.82) is 0 Å². The Balaban J connectivity index is 1.47. The van der Waals surface area contributed by atoms with Gasteiger partial charge in [-0.15, -0.1) is 21.5 Å². The van der Waals surface area contributed by atoms with Gasteiger partial charge in [0.1, 0.15) is 5.76 Å². The third kappa shape index (κ3) is 3.07. The molecule has 0 aliphatic carbocycles. The molecule has 136 valence electrons. The number of rotatable bonds is 4. The molecule has 0 radical (unpaired) electrons. The number of thiophene rings is 1. The summed E-state index contributed by atoms with van der Waals surface area (Å²) in [5.74, 6) is 1.70. The number of amides is 1. The van der Waals surface area contributed by atoms with Gasteiger partial charge in [0.2, 0.25) is 5.91 Å². The van der Waals surface area contributed by atoms with Gasteiger partial charge in [-0.3, -0.25) is 4.79 Å². The van der Waals surface area contributed by atoms with Gasteiger partial charge < -0.3 is 13.9 Å². The lowest BCUT2D eigenvalue weighted by Crippen LogP contribution is -2.39. The predicted molar refractivity (Wildman–Crippen MR) is 102 cm³/mol. The molecular weight excluding hydrogens is 368 g/mol. The summed E-state index contributed by atoms with van der Waals surface area (Å²) in [4.78, 5) is 16.2. The number of thioether (sulfide) groups is 1. The zero-order valence-electron chi connectivity index (χ0n) is 14.9. The molecule has 0 N–H and O–H groups in total. The largest absolute Gasteiger partial charge is 0.469 e. The lowest BCUT2D eigenvalue weighted by Gasteiger charge is -2.29. The van der Waals surface area contributed by atoms with Gasteiger partial charge in [-0.05, 0) is 43.3 Å². The molecule has 3 aromatic rings. The van der Waals surface area contributed by atoms with E-state index in [1.54, 1.807) is 17.6 Å². The van der Waals surface area contributed by atoms with Crippen molar-refractivity contribution in [2.24, 2.45) is 7.05 Å². The van der Waals surface area contributed by atoms with Gasteiger partial charge >= 0.3 is 0 Å². The number of hydrogen-bond donors (Lipinski definition) is 0. The number of furan rings is 1. The second-order valence-corrected chi connectivity index (χ2v) is 8.70. The van der Waals surface area contributed by atoms with E-state index in [-0.39, 0.29) is 11.2 Å². The molecule has 3 aromatic heterocycles. The lowest BCUT2D eigenvalue weighted by molar-refractivity contribution is -0.131. The van der Waals surface area contributed by atoms with Crippen LogP contribution in [0.15, 0.2) is 33.3 Å². The van der Waals surface area contributed by atoms with E-state index in [0.717, 1.165) is 35.3 Å². The van der Waals surface area contributed by atoms with Gasteiger partial charge in [-0.1, -0.05) is 11.8 Å². The van der Waals surface area contributed by atoms with Gasteiger partial charge in [-0.2, -0.15) is 0 Å². The van der Waals surface area contributed by atoms with Crippen LogP contribution < -0.4 is 0 Å². The summed E-state index contributed by atoms with van der Waals surface area (Å²) in [5, 5.41) is 11.2. The van der Waals surface area contributed by atoms with E-state index < -0.39 is 0 Å². The average Bonchev–Trinajstić information content (AvgIpc) is 3.35.